The van der Waals surface area contributed by atoms with Crippen LogP contribution in [0.4, 0.5) is 4.39 Å². The van der Waals surface area contributed by atoms with E-state index in [4.69, 9.17) is 0 Å². The van der Waals surface area contributed by atoms with E-state index in [1.807, 2.05) is 35.7 Å². The number of sulfonamides is 1. The largest absolute Gasteiger partial charge is 0.241 e. The van der Waals surface area contributed by atoms with Gasteiger partial charge in [-0.15, -0.1) is 11.3 Å². The molecule has 0 unspecified atom stereocenters. The molecule has 3 rings (SSSR count). The highest BCUT2D eigenvalue weighted by Gasteiger charge is 2.12. The molecule has 0 aliphatic rings. The summed E-state index contributed by atoms with van der Waals surface area (Å²) < 4.78 is 40.6. The lowest BCUT2D eigenvalue weighted by molar-refractivity contribution is 0.580. The molecule has 0 spiro atoms. The lowest BCUT2D eigenvalue weighted by Crippen LogP contribution is -2.29. The van der Waals surface area contributed by atoms with E-state index < -0.39 is 10.0 Å². The Morgan fingerprint density at radius 2 is 1.73 bits per heavy atom. The SMILES string of the molecule is O=S(=O)(CCc1ccccc1)NCCc1csc(-c2ccccc2F)n1. The van der Waals surface area contributed by atoms with Crippen LogP contribution >= 0.6 is 11.3 Å². The Kier molecular flexibility index (Phi) is 6.13. The highest BCUT2D eigenvalue weighted by atomic mass is 32.2. The molecule has 7 heteroatoms. The summed E-state index contributed by atoms with van der Waals surface area (Å²) in [5.41, 5.74) is 2.21. The van der Waals surface area contributed by atoms with Crippen molar-refractivity contribution in [3.8, 4) is 10.6 Å². The van der Waals surface area contributed by atoms with Crippen LogP contribution in [0, 0.1) is 5.82 Å². The molecule has 26 heavy (non-hydrogen) atoms. The van der Waals surface area contributed by atoms with Crippen molar-refractivity contribution < 1.29 is 12.8 Å². The van der Waals surface area contributed by atoms with Gasteiger partial charge in [0.25, 0.3) is 0 Å². The van der Waals surface area contributed by atoms with Gasteiger partial charge in [-0.3, -0.25) is 0 Å². The van der Waals surface area contributed by atoms with Crippen molar-refractivity contribution in [2.24, 2.45) is 0 Å². The Hall–Kier alpha value is -2.09. The second kappa shape index (κ2) is 8.53. The number of halogens is 1. The summed E-state index contributed by atoms with van der Waals surface area (Å²) in [6, 6.07) is 16.0. The molecule has 1 aromatic heterocycles. The Morgan fingerprint density at radius 3 is 2.50 bits per heavy atom. The smallest absolute Gasteiger partial charge is 0.211 e. The Balaban J connectivity index is 1.51. The van der Waals surface area contributed by atoms with E-state index in [0.29, 0.717) is 23.4 Å². The molecule has 0 fully saturated rings. The van der Waals surface area contributed by atoms with E-state index in [1.54, 1.807) is 18.2 Å². The van der Waals surface area contributed by atoms with E-state index in [-0.39, 0.29) is 18.1 Å². The van der Waals surface area contributed by atoms with Gasteiger partial charge < -0.3 is 0 Å². The van der Waals surface area contributed by atoms with Gasteiger partial charge in [0.15, 0.2) is 0 Å². The monoisotopic (exact) mass is 390 g/mol. The summed E-state index contributed by atoms with van der Waals surface area (Å²) in [5.74, 6) is -0.260. The topological polar surface area (TPSA) is 59.1 Å². The molecule has 4 nitrogen and oxygen atoms in total. The summed E-state index contributed by atoms with van der Waals surface area (Å²) in [5, 5.41) is 2.44. The van der Waals surface area contributed by atoms with E-state index in [1.165, 1.54) is 17.4 Å². The van der Waals surface area contributed by atoms with Crippen LogP contribution in [-0.4, -0.2) is 25.7 Å². The fourth-order valence-electron chi connectivity index (χ4n) is 2.48. The first-order chi connectivity index (χ1) is 12.5. The number of aromatic nitrogens is 1. The van der Waals surface area contributed by atoms with Crippen LogP contribution in [0.25, 0.3) is 10.6 Å². The Labute approximate surface area is 156 Å². The molecular formula is C19H19FN2O2S2. The normalized spacial score (nSPS) is 11.6. The van der Waals surface area contributed by atoms with Crippen molar-refractivity contribution in [3.05, 3.63) is 77.1 Å². The summed E-state index contributed by atoms with van der Waals surface area (Å²) in [7, 11) is -3.34. The van der Waals surface area contributed by atoms with E-state index in [9.17, 15) is 12.8 Å². The molecule has 0 amide bonds. The Morgan fingerprint density at radius 1 is 1.00 bits per heavy atom. The minimum Gasteiger partial charge on any atom is -0.241 e. The van der Waals surface area contributed by atoms with Gasteiger partial charge in [0.1, 0.15) is 10.8 Å². The third-order valence-electron chi connectivity index (χ3n) is 3.86. The maximum Gasteiger partial charge on any atom is 0.211 e. The molecule has 0 radical (unpaired) electrons. The van der Waals surface area contributed by atoms with Gasteiger partial charge in [0, 0.05) is 23.9 Å². The number of nitrogens with one attached hydrogen (secondary N) is 1. The van der Waals surface area contributed by atoms with Gasteiger partial charge in [0.2, 0.25) is 10.0 Å². The first kappa shape index (κ1) is 18.7. The van der Waals surface area contributed by atoms with Crippen LogP contribution in [-0.2, 0) is 22.9 Å². The Bertz CT molecular complexity index is 956. The zero-order valence-corrected chi connectivity index (χ0v) is 15.7. The summed E-state index contributed by atoms with van der Waals surface area (Å²) in [4.78, 5) is 4.40. The molecule has 0 aliphatic heterocycles. The fraction of sp³-hybridized carbons (Fsp3) is 0.211. The van der Waals surface area contributed by atoms with Gasteiger partial charge in [-0.2, -0.15) is 0 Å². The average molecular weight is 391 g/mol. The van der Waals surface area contributed by atoms with Crippen LogP contribution in [0.1, 0.15) is 11.3 Å². The van der Waals surface area contributed by atoms with Gasteiger partial charge in [-0.1, -0.05) is 42.5 Å². The zero-order valence-electron chi connectivity index (χ0n) is 14.1. The van der Waals surface area contributed by atoms with Crippen molar-refractivity contribution in [1.82, 2.24) is 9.71 Å². The predicted octanol–water partition coefficient (Wildman–Crippen LogP) is 3.65. The van der Waals surface area contributed by atoms with Crippen LogP contribution in [0.15, 0.2) is 60.0 Å². The average Bonchev–Trinajstić information content (AvgIpc) is 3.10. The van der Waals surface area contributed by atoms with Crippen LogP contribution < -0.4 is 4.72 Å². The third kappa shape index (κ3) is 5.20. The maximum atomic E-state index is 13.8. The molecule has 3 aromatic rings. The van der Waals surface area contributed by atoms with Crippen LogP contribution in [0.2, 0.25) is 0 Å². The highest BCUT2D eigenvalue weighted by molar-refractivity contribution is 7.89. The highest BCUT2D eigenvalue weighted by Crippen LogP contribution is 2.26. The number of hydrogen-bond acceptors (Lipinski definition) is 4. The summed E-state index contributed by atoms with van der Waals surface area (Å²) in [6.07, 6.45) is 0.944. The number of aryl methyl sites for hydroxylation is 1. The lowest BCUT2D eigenvalue weighted by atomic mass is 10.2. The van der Waals surface area contributed by atoms with Gasteiger partial charge in [-0.25, -0.2) is 22.5 Å². The maximum absolute atomic E-state index is 13.8. The number of nitrogens with zero attached hydrogens (tertiary/aromatic N) is 1. The molecule has 0 saturated heterocycles. The number of benzene rings is 2. The van der Waals surface area contributed by atoms with Crippen molar-refractivity contribution in [2.45, 2.75) is 12.8 Å². The molecule has 0 bridgehead atoms. The fourth-order valence-corrected chi connectivity index (χ4v) is 4.43. The van der Waals surface area contributed by atoms with Crippen LogP contribution in [0.5, 0.6) is 0 Å². The molecule has 0 aliphatic carbocycles. The lowest BCUT2D eigenvalue weighted by Gasteiger charge is -2.06. The first-order valence-corrected chi connectivity index (χ1v) is 10.8. The quantitative estimate of drug-likeness (QED) is 0.639. The van der Waals surface area contributed by atoms with Gasteiger partial charge >= 0.3 is 0 Å². The van der Waals surface area contributed by atoms with Gasteiger partial charge in [0.05, 0.1) is 11.4 Å². The van der Waals surface area contributed by atoms with Crippen molar-refractivity contribution in [3.63, 3.8) is 0 Å². The second-order valence-corrected chi connectivity index (χ2v) is 8.61. The van der Waals surface area contributed by atoms with Crippen LogP contribution in [0.3, 0.4) is 0 Å². The third-order valence-corrected chi connectivity index (χ3v) is 6.17. The summed E-state index contributed by atoms with van der Waals surface area (Å²) >= 11 is 1.35. The van der Waals surface area contributed by atoms with E-state index in [0.717, 1.165) is 11.3 Å². The molecule has 2 aromatic carbocycles. The van der Waals surface area contributed by atoms with E-state index >= 15 is 0 Å². The van der Waals surface area contributed by atoms with E-state index in [2.05, 4.69) is 9.71 Å². The minimum atomic E-state index is -3.34. The standard InChI is InChI=1S/C19H19FN2O2S2/c20-18-9-5-4-8-17(18)19-22-16(14-25-19)10-12-21-26(23,24)13-11-15-6-2-1-3-7-15/h1-9,14,21H,10-13H2. The number of hydrogen-bond donors (Lipinski definition) is 1. The molecular weight excluding hydrogens is 371 g/mol. The second-order valence-electron chi connectivity index (χ2n) is 5.82. The first-order valence-electron chi connectivity index (χ1n) is 8.24. The number of thiazole rings is 1. The van der Waals surface area contributed by atoms with Crippen molar-refractivity contribution >= 4 is 21.4 Å². The van der Waals surface area contributed by atoms with Crippen molar-refractivity contribution in [1.29, 1.82) is 0 Å². The molecule has 1 N–H and O–H groups in total. The molecule has 0 atom stereocenters. The minimum absolute atomic E-state index is 0.0502. The number of rotatable bonds is 8. The zero-order chi connectivity index (χ0) is 18.4. The molecule has 136 valence electrons. The van der Waals surface area contributed by atoms with Gasteiger partial charge in [-0.05, 0) is 24.1 Å². The predicted molar refractivity (Wildman–Crippen MR) is 103 cm³/mol. The van der Waals surface area contributed by atoms with Crippen molar-refractivity contribution in [2.75, 3.05) is 12.3 Å². The summed E-state index contributed by atoms with van der Waals surface area (Å²) in [6.45, 7) is 0.275. The molecule has 1 heterocycles. The molecule has 0 saturated carbocycles.